The topological polar surface area (TPSA) is 67.4 Å². The number of ether oxygens (including phenoxy) is 1. The van der Waals surface area contributed by atoms with Crippen LogP contribution in [-0.2, 0) is 9.53 Å². The Morgan fingerprint density at radius 2 is 1.34 bits per heavy atom. The molecule has 0 aliphatic rings. The van der Waals surface area contributed by atoms with Crippen LogP contribution in [0.2, 0.25) is 0 Å². The normalized spacial score (nSPS) is 12.0. The molecule has 3 rings (SSSR count). The second-order valence-electron chi connectivity index (χ2n) is 9.24. The van der Waals surface area contributed by atoms with Gasteiger partial charge in [0.2, 0.25) is 5.91 Å². The molecule has 1 unspecified atom stereocenters. The predicted molar refractivity (Wildman–Crippen MR) is 142 cm³/mol. The lowest BCUT2D eigenvalue weighted by Gasteiger charge is -2.22. The van der Waals surface area contributed by atoms with Crippen molar-refractivity contribution in [3.8, 4) is 0 Å². The molecule has 0 radical (unpaired) electrons. The molecule has 2 N–H and O–H groups in total. The number of hydrogen-bond acceptors (Lipinski definition) is 4. The fourth-order valence-corrected chi connectivity index (χ4v) is 4.17. The minimum atomic E-state index is -0.340. The lowest BCUT2D eigenvalue weighted by Crippen LogP contribution is -2.32. The van der Waals surface area contributed by atoms with E-state index in [-0.39, 0.29) is 24.5 Å². The van der Waals surface area contributed by atoms with E-state index in [4.69, 9.17) is 4.74 Å². The second-order valence-corrected chi connectivity index (χ2v) is 9.24. The number of anilines is 1. The molecule has 0 aliphatic carbocycles. The summed E-state index contributed by atoms with van der Waals surface area (Å²) in [6.07, 6.45) is 0. The first-order valence-electron chi connectivity index (χ1n) is 12.3. The average Bonchev–Trinajstić information content (AvgIpc) is 2.85. The highest BCUT2D eigenvalue weighted by molar-refractivity contribution is 5.94. The lowest BCUT2D eigenvalue weighted by molar-refractivity contribution is -0.115. The van der Waals surface area contributed by atoms with Gasteiger partial charge in [0.1, 0.15) is 0 Å². The van der Waals surface area contributed by atoms with E-state index in [2.05, 4.69) is 56.5 Å². The summed E-state index contributed by atoms with van der Waals surface area (Å²) < 4.78 is 5.09. The predicted octanol–water partition coefficient (Wildman–Crippen LogP) is 6.43. The van der Waals surface area contributed by atoms with Crippen molar-refractivity contribution in [2.75, 3.05) is 18.5 Å². The Balaban J connectivity index is 1.81. The molecular formula is C30H36N2O3. The maximum Gasteiger partial charge on any atom is 0.338 e. The molecule has 0 spiro atoms. The second kappa shape index (κ2) is 12.3. The largest absolute Gasteiger partial charge is 0.462 e. The van der Waals surface area contributed by atoms with Crippen LogP contribution in [0.1, 0.15) is 85.1 Å². The number of carbonyl (C=O) groups excluding carboxylic acids is 2. The van der Waals surface area contributed by atoms with Crippen LogP contribution in [0.3, 0.4) is 0 Å². The highest BCUT2D eigenvalue weighted by Gasteiger charge is 2.19. The zero-order valence-electron chi connectivity index (χ0n) is 21.3. The number of amides is 1. The van der Waals surface area contributed by atoms with Gasteiger partial charge in [0.25, 0.3) is 0 Å². The highest BCUT2D eigenvalue weighted by Crippen LogP contribution is 2.32. The van der Waals surface area contributed by atoms with Gasteiger partial charge < -0.3 is 10.1 Å². The maximum atomic E-state index is 13.1. The van der Waals surface area contributed by atoms with Crippen molar-refractivity contribution >= 4 is 17.6 Å². The summed E-state index contributed by atoms with van der Waals surface area (Å²) in [7, 11) is 0. The van der Waals surface area contributed by atoms with Gasteiger partial charge in [-0.2, -0.15) is 0 Å². The van der Waals surface area contributed by atoms with Gasteiger partial charge in [-0.15, -0.1) is 0 Å². The minimum Gasteiger partial charge on any atom is -0.462 e. The van der Waals surface area contributed by atoms with Crippen LogP contribution in [-0.4, -0.2) is 25.0 Å². The molecule has 1 atom stereocenters. The van der Waals surface area contributed by atoms with Gasteiger partial charge in [-0.1, -0.05) is 88.4 Å². The van der Waals surface area contributed by atoms with Crippen molar-refractivity contribution < 1.29 is 14.3 Å². The minimum absolute atomic E-state index is 0.0934. The van der Waals surface area contributed by atoms with Gasteiger partial charge in [-0.05, 0) is 53.1 Å². The van der Waals surface area contributed by atoms with E-state index in [0.717, 1.165) is 27.9 Å². The summed E-state index contributed by atoms with van der Waals surface area (Å²) in [6.45, 7) is 10.8. The molecular weight excluding hydrogens is 436 g/mol. The van der Waals surface area contributed by atoms with E-state index in [1.807, 2.05) is 42.5 Å². The van der Waals surface area contributed by atoms with Crippen LogP contribution >= 0.6 is 0 Å². The number of benzene rings is 3. The Labute approximate surface area is 208 Å². The number of nitrogens with one attached hydrogen (secondary N) is 2. The number of hydrogen-bond donors (Lipinski definition) is 2. The van der Waals surface area contributed by atoms with Crippen molar-refractivity contribution in [2.24, 2.45) is 0 Å². The van der Waals surface area contributed by atoms with Crippen LogP contribution in [0.15, 0.2) is 72.8 Å². The van der Waals surface area contributed by atoms with Crippen molar-refractivity contribution in [3.05, 3.63) is 101 Å². The third-order valence-electron chi connectivity index (χ3n) is 5.99. The van der Waals surface area contributed by atoms with Gasteiger partial charge in [0.05, 0.1) is 24.8 Å². The molecule has 0 aliphatic heterocycles. The molecule has 184 valence electrons. The third kappa shape index (κ3) is 6.80. The number of esters is 1. The Kier molecular flexibility index (Phi) is 9.21. The van der Waals surface area contributed by atoms with Crippen LogP contribution in [0.25, 0.3) is 0 Å². The molecule has 0 saturated carbocycles. The quantitative estimate of drug-likeness (QED) is 0.334. The number of para-hydroxylation sites is 1. The van der Waals surface area contributed by atoms with Crippen molar-refractivity contribution in [1.29, 1.82) is 0 Å². The average molecular weight is 473 g/mol. The van der Waals surface area contributed by atoms with E-state index in [1.54, 1.807) is 19.1 Å². The first kappa shape index (κ1) is 26.2. The smallest absolute Gasteiger partial charge is 0.338 e. The molecule has 0 aromatic heterocycles. The summed E-state index contributed by atoms with van der Waals surface area (Å²) in [4.78, 5) is 25.2. The summed E-state index contributed by atoms with van der Waals surface area (Å²) in [5, 5.41) is 6.59. The van der Waals surface area contributed by atoms with Gasteiger partial charge in [-0.3, -0.25) is 10.1 Å². The Hall–Kier alpha value is -3.44. The van der Waals surface area contributed by atoms with E-state index in [0.29, 0.717) is 24.0 Å². The highest BCUT2D eigenvalue weighted by atomic mass is 16.5. The summed E-state index contributed by atoms with van der Waals surface area (Å²) in [5.41, 5.74) is 5.69. The summed E-state index contributed by atoms with van der Waals surface area (Å²) in [5.74, 6) is 0.162. The molecule has 1 amide bonds. The first-order valence-corrected chi connectivity index (χ1v) is 12.3. The molecule has 5 nitrogen and oxygen atoms in total. The first-order chi connectivity index (χ1) is 16.8. The maximum absolute atomic E-state index is 13.1. The molecule has 0 fully saturated rings. The Morgan fingerprint density at radius 1 is 0.771 bits per heavy atom. The van der Waals surface area contributed by atoms with E-state index in [1.165, 1.54) is 0 Å². The molecule has 3 aromatic carbocycles. The van der Waals surface area contributed by atoms with Crippen LogP contribution < -0.4 is 10.6 Å². The zero-order valence-corrected chi connectivity index (χ0v) is 21.3. The lowest BCUT2D eigenvalue weighted by atomic mass is 9.92. The van der Waals surface area contributed by atoms with Crippen molar-refractivity contribution in [1.82, 2.24) is 5.32 Å². The van der Waals surface area contributed by atoms with Crippen molar-refractivity contribution in [3.63, 3.8) is 0 Å². The van der Waals surface area contributed by atoms with Crippen molar-refractivity contribution in [2.45, 2.75) is 52.5 Å². The molecule has 35 heavy (non-hydrogen) atoms. The monoisotopic (exact) mass is 472 g/mol. The van der Waals surface area contributed by atoms with Gasteiger partial charge in [0, 0.05) is 5.69 Å². The molecule has 3 aromatic rings. The van der Waals surface area contributed by atoms with Gasteiger partial charge in [0.15, 0.2) is 0 Å². The molecule has 5 heteroatoms. The fraction of sp³-hybridized carbons (Fsp3) is 0.333. The number of carbonyl (C=O) groups is 2. The van der Waals surface area contributed by atoms with Crippen LogP contribution in [0.4, 0.5) is 5.69 Å². The van der Waals surface area contributed by atoms with Gasteiger partial charge in [-0.25, -0.2) is 4.79 Å². The van der Waals surface area contributed by atoms with Gasteiger partial charge >= 0.3 is 5.97 Å². The van der Waals surface area contributed by atoms with E-state index in [9.17, 15) is 9.59 Å². The summed E-state index contributed by atoms with van der Waals surface area (Å²) >= 11 is 0. The standard InChI is InChI=1S/C30H36N2O3/c1-6-35-30(34)24-17-15-23(16-18-24)28(22-11-8-7-9-12-22)31-19-27(33)32-29-25(20(2)3)13-10-14-26(29)21(4)5/h7-18,20-21,28,31H,6,19H2,1-5H3,(H,32,33). The third-order valence-corrected chi connectivity index (χ3v) is 5.99. The summed E-state index contributed by atoms with van der Waals surface area (Å²) in [6, 6.07) is 23.3. The Morgan fingerprint density at radius 3 is 1.89 bits per heavy atom. The van der Waals surface area contributed by atoms with Crippen LogP contribution in [0.5, 0.6) is 0 Å². The Bertz CT molecular complexity index is 1100. The molecule has 0 saturated heterocycles. The van der Waals surface area contributed by atoms with Crippen LogP contribution in [0, 0.1) is 0 Å². The van der Waals surface area contributed by atoms with E-state index >= 15 is 0 Å². The SMILES string of the molecule is CCOC(=O)c1ccc(C(NCC(=O)Nc2c(C(C)C)cccc2C(C)C)c2ccccc2)cc1. The zero-order chi connectivity index (χ0) is 25.4. The molecule has 0 heterocycles. The van der Waals surface area contributed by atoms with E-state index < -0.39 is 0 Å². The fourth-order valence-electron chi connectivity index (χ4n) is 4.17. The number of rotatable bonds is 10. The molecule has 0 bridgehead atoms.